The van der Waals surface area contributed by atoms with Gasteiger partial charge in [0.15, 0.2) is 0 Å². The summed E-state index contributed by atoms with van der Waals surface area (Å²) in [6, 6.07) is 0.697. The van der Waals surface area contributed by atoms with Crippen molar-refractivity contribution in [2.45, 2.75) is 71.1 Å². The molecule has 1 fully saturated rings. The lowest BCUT2D eigenvalue weighted by molar-refractivity contribution is -0.0566. The Balaban J connectivity index is 2.20. The molecule has 2 nitrogen and oxygen atoms in total. The zero-order chi connectivity index (χ0) is 10.6. The Hall–Kier alpha value is -0.0800. The number of ether oxygens (including phenoxy) is 1. The summed E-state index contributed by atoms with van der Waals surface area (Å²) in [7, 11) is 0. The van der Waals surface area contributed by atoms with Crippen LogP contribution in [0.5, 0.6) is 0 Å². The van der Waals surface area contributed by atoms with Crippen LogP contribution in [-0.4, -0.2) is 24.3 Å². The van der Waals surface area contributed by atoms with Gasteiger partial charge < -0.3 is 10.1 Å². The van der Waals surface area contributed by atoms with Crippen molar-refractivity contribution in [2.24, 2.45) is 0 Å². The highest BCUT2D eigenvalue weighted by atomic mass is 16.5. The van der Waals surface area contributed by atoms with Crippen LogP contribution in [0.25, 0.3) is 0 Å². The Morgan fingerprint density at radius 3 is 2.57 bits per heavy atom. The van der Waals surface area contributed by atoms with E-state index in [0.717, 1.165) is 6.54 Å². The van der Waals surface area contributed by atoms with Gasteiger partial charge >= 0.3 is 0 Å². The van der Waals surface area contributed by atoms with Gasteiger partial charge in [0.1, 0.15) is 0 Å². The summed E-state index contributed by atoms with van der Waals surface area (Å²) in [4.78, 5) is 0. The van der Waals surface area contributed by atoms with Gasteiger partial charge in [-0.15, -0.1) is 0 Å². The van der Waals surface area contributed by atoms with Crippen molar-refractivity contribution in [1.29, 1.82) is 0 Å². The van der Waals surface area contributed by atoms with Gasteiger partial charge in [-0.05, 0) is 53.0 Å². The number of hydrogen-bond acceptors (Lipinski definition) is 2. The van der Waals surface area contributed by atoms with Crippen molar-refractivity contribution in [2.75, 3.05) is 6.54 Å². The van der Waals surface area contributed by atoms with E-state index in [4.69, 9.17) is 4.74 Å². The molecule has 1 aliphatic rings. The van der Waals surface area contributed by atoms with Gasteiger partial charge in [0, 0.05) is 6.04 Å². The first-order valence-corrected chi connectivity index (χ1v) is 5.92. The summed E-state index contributed by atoms with van der Waals surface area (Å²) in [5.41, 5.74) is 0.0182. The minimum atomic E-state index is 0.0182. The van der Waals surface area contributed by atoms with Crippen LogP contribution in [0.1, 0.15) is 53.4 Å². The van der Waals surface area contributed by atoms with Crippen molar-refractivity contribution in [3.05, 3.63) is 0 Å². The molecule has 1 saturated carbocycles. The fourth-order valence-corrected chi connectivity index (χ4v) is 2.08. The number of nitrogens with one attached hydrogen (secondary N) is 1. The maximum absolute atomic E-state index is 5.97. The summed E-state index contributed by atoms with van der Waals surface area (Å²) >= 11 is 0. The van der Waals surface area contributed by atoms with Crippen LogP contribution in [0, 0.1) is 0 Å². The summed E-state index contributed by atoms with van der Waals surface area (Å²) in [5.74, 6) is 0. The molecular weight excluding hydrogens is 174 g/mol. The van der Waals surface area contributed by atoms with E-state index in [-0.39, 0.29) is 5.60 Å². The van der Waals surface area contributed by atoms with Crippen LogP contribution >= 0.6 is 0 Å². The van der Waals surface area contributed by atoms with E-state index in [1.54, 1.807) is 0 Å². The minimum Gasteiger partial charge on any atom is -0.373 e. The van der Waals surface area contributed by atoms with Gasteiger partial charge in [0.05, 0.1) is 11.7 Å². The Morgan fingerprint density at radius 2 is 2.00 bits per heavy atom. The first-order valence-electron chi connectivity index (χ1n) is 5.92. The van der Waals surface area contributed by atoms with Crippen LogP contribution < -0.4 is 5.32 Å². The summed E-state index contributed by atoms with van der Waals surface area (Å²) in [6.45, 7) is 9.78. The molecule has 84 valence electrons. The Bertz CT molecular complexity index is 162. The monoisotopic (exact) mass is 199 g/mol. The molecule has 0 aromatic heterocycles. The van der Waals surface area contributed by atoms with Crippen LogP contribution in [0.3, 0.4) is 0 Å². The molecule has 0 aromatic rings. The fourth-order valence-electron chi connectivity index (χ4n) is 2.08. The Morgan fingerprint density at radius 1 is 1.29 bits per heavy atom. The lowest BCUT2D eigenvalue weighted by Gasteiger charge is -2.24. The maximum Gasteiger partial charge on any atom is 0.0602 e. The SMILES string of the molecule is CCCNC1CCC(OC(C)(C)C)C1. The first-order chi connectivity index (χ1) is 6.51. The molecule has 0 aromatic carbocycles. The molecule has 0 saturated heterocycles. The average molecular weight is 199 g/mol. The highest BCUT2D eigenvalue weighted by Gasteiger charge is 2.27. The number of rotatable bonds is 4. The quantitative estimate of drug-likeness (QED) is 0.751. The lowest BCUT2D eigenvalue weighted by atomic mass is 10.1. The van der Waals surface area contributed by atoms with E-state index in [9.17, 15) is 0 Å². The molecule has 0 spiro atoms. The van der Waals surface area contributed by atoms with Crippen molar-refractivity contribution in [3.8, 4) is 0 Å². The summed E-state index contributed by atoms with van der Waals surface area (Å²) < 4.78 is 5.97. The van der Waals surface area contributed by atoms with E-state index in [1.807, 2.05) is 0 Å². The van der Waals surface area contributed by atoms with Crippen molar-refractivity contribution >= 4 is 0 Å². The average Bonchev–Trinajstić information content (AvgIpc) is 2.46. The highest BCUT2D eigenvalue weighted by molar-refractivity contribution is 4.82. The minimum absolute atomic E-state index is 0.0182. The summed E-state index contributed by atoms with van der Waals surface area (Å²) in [5, 5.41) is 3.57. The van der Waals surface area contributed by atoms with E-state index in [0.29, 0.717) is 12.1 Å². The van der Waals surface area contributed by atoms with Crippen molar-refractivity contribution in [3.63, 3.8) is 0 Å². The normalized spacial score (nSPS) is 28.3. The molecule has 0 radical (unpaired) electrons. The first kappa shape index (κ1) is 12.0. The van der Waals surface area contributed by atoms with Crippen molar-refractivity contribution in [1.82, 2.24) is 5.32 Å². The zero-order valence-corrected chi connectivity index (χ0v) is 10.1. The smallest absolute Gasteiger partial charge is 0.0602 e. The van der Waals surface area contributed by atoms with Gasteiger partial charge in [0.2, 0.25) is 0 Å². The second-order valence-corrected chi connectivity index (χ2v) is 5.32. The van der Waals surface area contributed by atoms with Gasteiger partial charge in [-0.25, -0.2) is 0 Å². The Labute approximate surface area is 88.4 Å². The zero-order valence-electron chi connectivity index (χ0n) is 10.1. The van der Waals surface area contributed by atoms with E-state index < -0.39 is 0 Å². The topological polar surface area (TPSA) is 21.3 Å². The van der Waals surface area contributed by atoms with Crippen LogP contribution in [-0.2, 0) is 4.74 Å². The van der Waals surface area contributed by atoms with E-state index in [1.165, 1.54) is 25.7 Å². The molecule has 2 unspecified atom stereocenters. The van der Waals surface area contributed by atoms with Crippen LogP contribution in [0.4, 0.5) is 0 Å². The van der Waals surface area contributed by atoms with Crippen LogP contribution in [0.2, 0.25) is 0 Å². The molecule has 0 aliphatic heterocycles. The molecule has 0 bridgehead atoms. The van der Waals surface area contributed by atoms with E-state index >= 15 is 0 Å². The molecule has 0 heterocycles. The molecular formula is C12H25NO. The molecule has 1 aliphatic carbocycles. The third-order valence-electron chi connectivity index (χ3n) is 2.59. The highest BCUT2D eigenvalue weighted by Crippen LogP contribution is 2.26. The van der Waals surface area contributed by atoms with Crippen molar-refractivity contribution < 1.29 is 4.74 Å². The maximum atomic E-state index is 5.97. The lowest BCUT2D eigenvalue weighted by Crippen LogP contribution is -2.30. The predicted octanol–water partition coefficient (Wildman–Crippen LogP) is 2.72. The molecule has 2 atom stereocenters. The molecule has 2 heteroatoms. The summed E-state index contributed by atoms with van der Waals surface area (Å²) in [6.07, 6.45) is 5.39. The second-order valence-electron chi connectivity index (χ2n) is 5.32. The van der Waals surface area contributed by atoms with Gasteiger partial charge in [-0.2, -0.15) is 0 Å². The third-order valence-corrected chi connectivity index (χ3v) is 2.59. The van der Waals surface area contributed by atoms with Crippen LogP contribution in [0.15, 0.2) is 0 Å². The van der Waals surface area contributed by atoms with Gasteiger partial charge in [-0.1, -0.05) is 6.92 Å². The molecule has 1 rings (SSSR count). The molecule has 1 N–H and O–H groups in total. The standard InChI is InChI=1S/C12H25NO/c1-5-8-13-10-6-7-11(9-10)14-12(2,3)4/h10-11,13H,5-9H2,1-4H3. The fraction of sp³-hybridized carbons (Fsp3) is 1.00. The Kier molecular flexibility index (Phi) is 4.39. The van der Waals surface area contributed by atoms with E-state index in [2.05, 4.69) is 33.0 Å². The molecule has 0 amide bonds. The molecule has 14 heavy (non-hydrogen) atoms. The number of hydrogen-bond donors (Lipinski definition) is 1. The third kappa shape index (κ3) is 4.43. The van der Waals surface area contributed by atoms with Gasteiger partial charge in [0.25, 0.3) is 0 Å². The van der Waals surface area contributed by atoms with Gasteiger partial charge in [-0.3, -0.25) is 0 Å². The second kappa shape index (κ2) is 5.13. The predicted molar refractivity (Wildman–Crippen MR) is 60.6 cm³/mol. The largest absolute Gasteiger partial charge is 0.373 e.